The summed E-state index contributed by atoms with van der Waals surface area (Å²) in [6.07, 6.45) is 68.3. The van der Waals surface area contributed by atoms with Crippen molar-refractivity contribution in [1.82, 2.24) is 0 Å². The Morgan fingerprint density at radius 3 is 1.21 bits per heavy atom. The molecule has 396 valence electrons. The standard InChI is InChI=1S/C61H99NO8/c1-6-8-10-12-14-16-18-19-20-21-22-23-24-25-26-27-28-29-30-31-32-33-34-35-36-37-38-39-40-41-42-44-46-48-50-52-59(64)70-57(56-69-61(60(65)66)67-54-53-62(3,4)5)55-68-58(63)51-49-47-45-43-17-15-13-11-9-7-2/h8,10,14,16,19-20,22-23,25-26,28-29,31-32,34-35,37-38,40-41,57,61H,6-7,9,11-13,15,17-18,21,24,27,30,33,36,39,42-56H2,1-5H3/b10-8-,16-14-,20-19-,23-22-,26-25-,29-28-,32-31-,35-34-,38-37-,41-40-. The molecule has 0 fully saturated rings. The molecule has 2 atom stereocenters. The van der Waals surface area contributed by atoms with Crippen molar-refractivity contribution in [3.8, 4) is 0 Å². The Hall–Kier alpha value is -4.31. The lowest BCUT2D eigenvalue weighted by molar-refractivity contribution is -0.870. The van der Waals surface area contributed by atoms with Crippen molar-refractivity contribution < 1.29 is 42.9 Å². The molecule has 0 heterocycles. The van der Waals surface area contributed by atoms with Gasteiger partial charge in [0.25, 0.3) is 0 Å². The van der Waals surface area contributed by atoms with Crippen LogP contribution in [-0.2, 0) is 33.3 Å². The number of unbranched alkanes of at least 4 members (excludes halogenated alkanes) is 13. The van der Waals surface area contributed by atoms with Crippen LogP contribution in [0.25, 0.3) is 0 Å². The van der Waals surface area contributed by atoms with Crippen LogP contribution >= 0.6 is 0 Å². The van der Waals surface area contributed by atoms with Gasteiger partial charge in [-0.1, -0.05) is 206 Å². The second-order valence-corrected chi connectivity index (χ2v) is 18.8. The maximum atomic E-state index is 12.8. The van der Waals surface area contributed by atoms with E-state index < -0.39 is 24.3 Å². The summed E-state index contributed by atoms with van der Waals surface area (Å²) in [6, 6.07) is 0. The first-order valence-corrected chi connectivity index (χ1v) is 27.2. The minimum Gasteiger partial charge on any atom is -0.545 e. The fourth-order valence-electron chi connectivity index (χ4n) is 6.80. The maximum absolute atomic E-state index is 12.8. The fraction of sp³-hybridized carbons (Fsp3) is 0.623. The molecule has 0 N–H and O–H groups in total. The molecule has 0 saturated heterocycles. The Morgan fingerprint density at radius 2 is 0.814 bits per heavy atom. The van der Waals surface area contributed by atoms with Crippen molar-refractivity contribution in [2.24, 2.45) is 0 Å². The molecule has 0 rings (SSSR count). The van der Waals surface area contributed by atoms with E-state index in [2.05, 4.69) is 135 Å². The van der Waals surface area contributed by atoms with E-state index in [-0.39, 0.29) is 38.6 Å². The molecule has 0 aliphatic rings. The molecule has 0 aromatic carbocycles. The van der Waals surface area contributed by atoms with Crippen LogP contribution in [0.4, 0.5) is 0 Å². The highest BCUT2D eigenvalue weighted by atomic mass is 16.7. The predicted molar refractivity (Wildman–Crippen MR) is 292 cm³/mol. The van der Waals surface area contributed by atoms with Gasteiger partial charge in [-0.25, -0.2) is 0 Å². The minimum absolute atomic E-state index is 0.137. The van der Waals surface area contributed by atoms with Crippen molar-refractivity contribution in [3.05, 3.63) is 122 Å². The average molecular weight is 974 g/mol. The van der Waals surface area contributed by atoms with Crippen LogP contribution in [0.15, 0.2) is 122 Å². The number of aliphatic carboxylic acids is 1. The van der Waals surface area contributed by atoms with E-state index in [0.29, 0.717) is 17.4 Å². The topological polar surface area (TPSA) is 111 Å². The lowest BCUT2D eigenvalue weighted by atomic mass is 10.1. The van der Waals surface area contributed by atoms with Gasteiger partial charge in [-0.05, 0) is 89.9 Å². The zero-order valence-electron chi connectivity index (χ0n) is 44.8. The third-order valence-corrected chi connectivity index (χ3v) is 11.0. The summed E-state index contributed by atoms with van der Waals surface area (Å²) in [6.45, 7) is 4.55. The monoisotopic (exact) mass is 974 g/mol. The van der Waals surface area contributed by atoms with Crippen LogP contribution in [0, 0.1) is 0 Å². The SMILES string of the molecule is CC/C=C\C/C=C\C/C=C\C/C=C\C/C=C\C/C=C\C/C=C\C/C=C\C/C=C\C/C=C\CCCCCCC(=O)OC(COC(=O)CCCCCCCCCCCC)COC(OCC[N+](C)(C)C)C(=O)[O-]. The average Bonchev–Trinajstić information content (AvgIpc) is 3.33. The van der Waals surface area contributed by atoms with Crippen LogP contribution in [0.1, 0.15) is 187 Å². The molecule has 0 radical (unpaired) electrons. The summed E-state index contributed by atoms with van der Waals surface area (Å²) in [7, 11) is 5.89. The minimum atomic E-state index is -1.63. The quantitative estimate of drug-likeness (QED) is 0.0195. The Labute approximate surface area is 427 Å². The Balaban J connectivity index is 4.27. The van der Waals surface area contributed by atoms with Crippen molar-refractivity contribution >= 4 is 17.9 Å². The maximum Gasteiger partial charge on any atom is 0.306 e. The number of carbonyl (C=O) groups is 3. The lowest BCUT2D eigenvalue weighted by Gasteiger charge is -2.26. The fourth-order valence-corrected chi connectivity index (χ4v) is 6.80. The van der Waals surface area contributed by atoms with E-state index in [1.54, 1.807) is 0 Å². The van der Waals surface area contributed by atoms with Gasteiger partial charge >= 0.3 is 11.9 Å². The number of ether oxygens (including phenoxy) is 4. The van der Waals surface area contributed by atoms with Crippen LogP contribution in [0.2, 0.25) is 0 Å². The number of likely N-dealkylation sites (N-methyl/N-ethyl adjacent to an activating group) is 1. The van der Waals surface area contributed by atoms with E-state index in [1.807, 2.05) is 21.1 Å². The van der Waals surface area contributed by atoms with E-state index in [4.69, 9.17) is 18.9 Å². The predicted octanol–water partition coefficient (Wildman–Crippen LogP) is 14.4. The van der Waals surface area contributed by atoms with Crippen molar-refractivity contribution in [3.63, 3.8) is 0 Å². The normalized spacial score (nSPS) is 13.8. The molecule has 0 spiro atoms. The molecular weight excluding hydrogens is 875 g/mol. The van der Waals surface area contributed by atoms with Crippen LogP contribution in [0.3, 0.4) is 0 Å². The van der Waals surface area contributed by atoms with Gasteiger partial charge in [-0.2, -0.15) is 0 Å². The first kappa shape index (κ1) is 65.7. The highest BCUT2D eigenvalue weighted by Crippen LogP contribution is 2.13. The molecule has 0 aromatic rings. The highest BCUT2D eigenvalue weighted by molar-refractivity contribution is 5.70. The summed E-state index contributed by atoms with van der Waals surface area (Å²) in [5.74, 6) is -2.33. The van der Waals surface area contributed by atoms with Crippen molar-refractivity contribution in [1.29, 1.82) is 0 Å². The van der Waals surface area contributed by atoms with Gasteiger partial charge in [0.1, 0.15) is 13.2 Å². The van der Waals surface area contributed by atoms with Gasteiger partial charge in [0.2, 0.25) is 0 Å². The summed E-state index contributed by atoms with van der Waals surface area (Å²) in [5, 5.41) is 11.7. The summed E-state index contributed by atoms with van der Waals surface area (Å²) in [5.41, 5.74) is 0. The number of carboxylic acids is 1. The Kier molecular flexibility index (Phi) is 47.9. The zero-order valence-corrected chi connectivity index (χ0v) is 44.8. The number of esters is 2. The molecule has 70 heavy (non-hydrogen) atoms. The molecule has 0 aliphatic carbocycles. The van der Waals surface area contributed by atoms with Crippen LogP contribution in [0.5, 0.6) is 0 Å². The zero-order chi connectivity index (χ0) is 51.3. The van der Waals surface area contributed by atoms with Gasteiger partial charge < -0.3 is 33.3 Å². The second-order valence-electron chi connectivity index (χ2n) is 18.8. The molecule has 0 amide bonds. The Morgan fingerprint density at radius 1 is 0.443 bits per heavy atom. The number of hydrogen-bond acceptors (Lipinski definition) is 8. The lowest BCUT2D eigenvalue weighted by Crippen LogP contribution is -2.44. The number of carbonyl (C=O) groups excluding carboxylic acids is 3. The van der Waals surface area contributed by atoms with E-state index in [9.17, 15) is 19.5 Å². The largest absolute Gasteiger partial charge is 0.545 e. The molecule has 2 unspecified atom stereocenters. The molecule has 0 bridgehead atoms. The van der Waals surface area contributed by atoms with Crippen LogP contribution < -0.4 is 5.11 Å². The third-order valence-electron chi connectivity index (χ3n) is 11.0. The van der Waals surface area contributed by atoms with Gasteiger partial charge in [0.15, 0.2) is 12.4 Å². The number of hydrogen-bond donors (Lipinski definition) is 0. The molecule has 9 heteroatoms. The van der Waals surface area contributed by atoms with Gasteiger partial charge in [0.05, 0.1) is 40.3 Å². The number of nitrogens with zero attached hydrogens (tertiary/aromatic N) is 1. The van der Waals surface area contributed by atoms with Crippen LogP contribution in [-0.4, -0.2) is 82.3 Å². The number of quaternary nitrogens is 1. The number of carboxylic acid groups (broad SMARTS) is 1. The summed E-state index contributed by atoms with van der Waals surface area (Å²) in [4.78, 5) is 37.0. The molecule has 0 aromatic heterocycles. The highest BCUT2D eigenvalue weighted by Gasteiger charge is 2.21. The summed E-state index contributed by atoms with van der Waals surface area (Å²) < 4.78 is 22.5. The molecule has 0 saturated carbocycles. The van der Waals surface area contributed by atoms with Crippen molar-refractivity contribution in [2.75, 3.05) is 47.5 Å². The van der Waals surface area contributed by atoms with Gasteiger partial charge in [0, 0.05) is 12.8 Å². The van der Waals surface area contributed by atoms with E-state index >= 15 is 0 Å². The number of allylic oxidation sites excluding steroid dienone is 20. The molecule has 0 aliphatic heterocycles. The first-order chi connectivity index (χ1) is 34.1. The van der Waals surface area contributed by atoms with E-state index in [0.717, 1.165) is 109 Å². The summed E-state index contributed by atoms with van der Waals surface area (Å²) >= 11 is 0. The second kappa shape index (κ2) is 51.1. The Bertz CT molecular complexity index is 1560. The first-order valence-electron chi connectivity index (χ1n) is 27.2. The number of rotatable bonds is 48. The van der Waals surface area contributed by atoms with Gasteiger partial charge in [-0.15, -0.1) is 0 Å². The molecular formula is C61H99NO8. The van der Waals surface area contributed by atoms with Gasteiger partial charge in [-0.3, -0.25) is 9.59 Å². The third kappa shape index (κ3) is 51.5. The smallest absolute Gasteiger partial charge is 0.306 e. The molecule has 9 nitrogen and oxygen atoms in total. The van der Waals surface area contributed by atoms with E-state index in [1.165, 1.54) is 44.9 Å². The van der Waals surface area contributed by atoms with Crippen molar-refractivity contribution in [2.45, 2.75) is 200 Å².